The molecule has 0 aliphatic carbocycles. The lowest BCUT2D eigenvalue weighted by atomic mass is 10.2. The van der Waals surface area contributed by atoms with Gasteiger partial charge in [-0.05, 0) is 45.7 Å². The zero-order valence-corrected chi connectivity index (χ0v) is 14.8. The van der Waals surface area contributed by atoms with Crippen LogP contribution in [0, 0.1) is 0 Å². The van der Waals surface area contributed by atoms with Crippen molar-refractivity contribution < 1.29 is 0 Å². The SMILES string of the molecule is CN1CCCN(C)C(c2nc(-c3ccc(Br)cc3)cs2)C1. The fourth-order valence-electron chi connectivity index (χ4n) is 2.73. The molecule has 0 spiro atoms. The van der Waals surface area contributed by atoms with Crippen LogP contribution in [0.1, 0.15) is 17.5 Å². The topological polar surface area (TPSA) is 19.4 Å². The third-order valence-corrected chi connectivity index (χ3v) is 5.49. The molecule has 1 aromatic heterocycles. The van der Waals surface area contributed by atoms with E-state index >= 15 is 0 Å². The Morgan fingerprint density at radius 3 is 2.71 bits per heavy atom. The van der Waals surface area contributed by atoms with Gasteiger partial charge in [-0.3, -0.25) is 4.90 Å². The van der Waals surface area contributed by atoms with Crippen molar-refractivity contribution in [2.45, 2.75) is 12.5 Å². The first kappa shape index (κ1) is 15.2. The molecule has 112 valence electrons. The monoisotopic (exact) mass is 365 g/mol. The van der Waals surface area contributed by atoms with E-state index in [1.165, 1.54) is 23.5 Å². The molecule has 0 amide bonds. The van der Waals surface area contributed by atoms with Gasteiger partial charge in [0.05, 0.1) is 11.7 Å². The van der Waals surface area contributed by atoms with Gasteiger partial charge in [-0.1, -0.05) is 28.1 Å². The Morgan fingerprint density at radius 1 is 1.19 bits per heavy atom. The molecule has 3 nitrogen and oxygen atoms in total. The summed E-state index contributed by atoms with van der Waals surface area (Å²) in [6, 6.07) is 8.78. The summed E-state index contributed by atoms with van der Waals surface area (Å²) < 4.78 is 1.10. The van der Waals surface area contributed by atoms with Crippen LogP contribution in [-0.2, 0) is 0 Å². The fraction of sp³-hybridized carbons (Fsp3) is 0.438. The van der Waals surface area contributed by atoms with E-state index in [-0.39, 0.29) is 0 Å². The second kappa shape index (κ2) is 6.57. The number of likely N-dealkylation sites (N-methyl/N-ethyl adjacent to an activating group) is 2. The molecule has 2 aromatic rings. The van der Waals surface area contributed by atoms with Crippen LogP contribution >= 0.6 is 27.3 Å². The molecule has 1 unspecified atom stereocenters. The second-order valence-corrected chi connectivity index (χ2v) is 7.50. The number of aromatic nitrogens is 1. The van der Waals surface area contributed by atoms with Gasteiger partial charge in [0.25, 0.3) is 0 Å². The average molecular weight is 366 g/mol. The molecular formula is C16H20BrN3S. The van der Waals surface area contributed by atoms with Crippen molar-refractivity contribution in [3.05, 3.63) is 39.1 Å². The molecule has 0 radical (unpaired) electrons. The zero-order valence-electron chi connectivity index (χ0n) is 12.4. The molecule has 1 fully saturated rings. The van der Waals surface area contributed by atoms with Crippen LogP contribution in [0.5, 0.6) is 0 Å². The number of nitrogens with zero attached hydrogens (tertiary/aromatic N) is 3. The first-order valence-electron chi connectivity index (χ1n) is 7.23. The van der Waals surface area contributed by atoms with E-state index in [0.717, 1.165) is 23.3 Å². The fourth-order valence-corrected chi connectivity index (χ4v) is 3.98. The van der Waals surface area contributed by atoms with Crippen LogP contribution in [0.4, 0.5) is 0 Å². The van der Waals surface area contributed by atoms with Crippen LogP contribution < -0.4 is 0 Å². The van der Waals surface area contributed by atoms with E-state index in [1.54, 1.807) is 11.3 Å². The van der Waals surface area contributed by atoms with Crippen molar-refractivity contribution in [3.8, 4) is 11.3 Å². The molecule has 0 saturated carbocycles. The Morgan fingerprint density at radius 2 is 1.95 bits per heavy atom. The number of thiazole rings is 1. The molecular weight excluding hydrogens is 346 g/mol. The van der Waals surface area contributed by atoms with Gasteiger partial charge < -0.3 is 4.90 Å². The van der Waals surface area contributed by atoms with Crippen LogP contribution in [0.25, 0.3) is 11.3 Å². The third-order valence-electron chi connectivity index (χ3n) is 4.01. The Balaban J connectivity index is 1.84. The summed E-state index contributed by atoms with van der Waals surface area (Å²) in [5.74, 6) is 0. The predicted octanol–water partition coefficient (Wildman–Crippen LogP) is 3.88. The summed E-state index contributed by atoms with van der Waals surface area (Å²) in [6.07, 6.45) is 1.23. The number of hydrogen-bond acceptors (Lipinski definition) is 4. The van der Waals surface area contributed by atoms with Crippen molar-refractivity contribution in [2.24, 2.45) is 0 Å². The molecule has 1 saturated heterocycles. The largest absolute Gasteiger partial charge is 0.304 e. The Kier molecular flexibility index (Phi) is 4.74. The summed E-state index contributed by atoms with van der Waals surface area (Å²) >= 11 is 5.26. The summed E-state index contributed by atoms with van der Waals surface area (Å²) in [7, 11) is 4.42. The number of rotatable bonds is 2. The highest BCUT2D eigenvalue weighted by Gasteiger charge is 2.24. The molecule has 1 aromatic carbocycles. The molecule has 1 aliphatic heterocycles. The minimum atomic E-state index is 0.409. The van der Waals surface area contributed by atoms with Gasteiger partial charge in [0.1, 0.15) is 5.01 Å². The molecule has 3 rings (SSSR count). The normalized spacial score (nSPS) is 21.4. The first-order chi connectivity index (χ1) is 10.1. The van der Waals surface area contributed by atoms with E-state index in [9.17, 15) is 0 Å². The van der Waals surface area contributed by atoms with Gasteiger partial charge in [0, 0.05) is 22.0 Å². The molecule has 5 heteroatoms. The second-order valence-electron chi connectivity index (χ2n) is 5.69. The average Bonchev–Trinajstić information content (AvgIpc) is 2.88. The summed E-state index contributed by atoms with van der Waals surface area (Å²) in [6.45, 7) is 3.37. The van der Waals surface area contributed by atoms with Crippen molar-refractivity contribution in [1.29, 1.82) is 0 Å². The summed E-state index contributed by atoms with van der Waals surface area (Å²) in [5, 5.41) is 3.40. The van der Waals surface area contributed by atoms with Crippen molar-refractivity contribution >= 4 is 27.3 Å². The van der Waals surface area contributed by atoms with Gasteiger partial charge in [0.2, 0.25) is 0 Å². The Hall–Kier alpha value is -0.750. The molecule has 1 aliphatic rings. The number of halogens is 1. The van der Waals surface area contributed by atoms with E-state index < -0.39 is 0 Å². The Bertz CT molecular complexity index is 596. The molecule has 2 heterocycles. The molecule has 0 N–H and O–H groups in total. The standard InChI is InChI=1S/C16H20BrN3S/c1-19-8-3-9-20(2)15(10-19)16-18-14(11-21-16)12-4-6-13(17)7-5-12/h4-7,11,15H,3,8-10H2,1-2H3. The van der Waals surface area contributed by atoms with Crippen molar-refractivity contribution in [1.82, 2.24) is 14.8 Å². The summed E-state index contributed by atoms with van der Waals surface area (Å²) in [4.78, 5) is 9.75. The quantitative estimate of drug-likeness (QED) is 0.804. The molecule has 0 bridgehead atoms. The van der Waals surface area contributed by atoms with Gasteiger partial charge in [-0.2, -0.15) is 0 Å². The minimum absolute atomic E-state index is 0.409. The first-order valence-corrected chi connectivity index (χ1v) is 8.91. The highest BCUT2D eigenvalue weighted by atomic mass is 79.9. The summed E-state index contributed by atoms with van der Waals surface area (Å²) in [5.41, 5.74) is 2.27. The maximum Gasteiger partial charge on any atom is 0.112 e. The lowest BCUT2D eigenvalue weighted by molar-refractivity contribution is 0.228. The molecule has 1 atom stereocenters. The highest BCUT2D eigenvalue weighted by molar-refractivity contribution is 9.10. The molecule has 21 heavy (non-hydrogen) atoms. The van der Waals surface area contributed by atoms with E-state index in [2.05, 4.69) is 69.5 Å². The van der Waals surface area contributed by atoms with Crippen LogP contribution in [-0.4, -0.2) is 48.5 Å². The van der Waals surface area contributed by atoms with Gasteiger partial charge in [-0.25, -0.2) is 4.98 Å². The van der Waals surface area contributed by atoms with E-state index in [4.69, 9.17) is 4.98 Å². The number of hydrogen-bond donors (Lipinski definition) is 0. The lowest BCUT2D eigenvalue weighted by Gasteiger charge is -2.25. The third kappa shape index (κ3) is 3.54. The van der Waals surface area contributed by atoms with Crippen molar-refractivity contribution in [2.75, 3.05) is 33.7 Å². The van der Waals surface area contributed by atoms with E-state index in [0.29, 0.717) is 6.04 Å². The van der Waals surface area contributed by atoms with Crippen LogP contribution in [0.15, 0.2) is 34.1 Å². The maximum absolute atomic E-state index is 4.90. The maximum atomic E-state index is 4.90. The predicted molar refractivity (Wildman–Crippen MR) is 92.7 cm³/mol. The van der Waals surface area contributed by atoms with Gasteiger partial charge >= 0.3 is 0 Å². The lowest BCUT2D eigenvalue weighted by Crippen LogP contribution is -2.30. The van der Waals surface area contributed by atoms with Gasteiger partial charge in [0.15, 0.2) is 0 Å². The Labute approximate surface area is 138 Å². The van der Waals surface area contributed by atoms with E-state index in [1.807, 2.05) is 0 Å². The van der Waals surface area contributed by atoms with Crippen molar-refractivity contribution in [3.63, 3.8) is 0 Å². The van der Waals surface area contributed by atoms with Gasteiger partial charge in [-0.15, -0.1) is 11.3 Å². The minimum Gasteiger partial charge on any atom is -0.304 e. The highest BCUT2D eigenvalue weighted by Crippen LogP contribution is 2.30. The van der Waals surface area contributed by atoms with Crippen LogP contribution in [0.2, 0.25) is 0 Å². The number of benzene rings is 1. The van der Waals surface area contributed by atoms with Crippen LogP contribution in [0.3, 0.4) is 0 Å². The smallest absolute Gasteiger partial charge is 0.112 e. The zero-order chi connectivity index (χ0) is 14.8.